The molecule has 2 N–H and O–H groups in total. The highest BCUT2D eigenvalue weighted by Gasteiger charge is 2.35. The first-order chi connectivity index (χ1) is 11.8. The SMILES string of the molecule is COC(OC)(c1ccccc1)c1cccc(C(=O)COP(=O)(O)O)c1. The van der Waals surface area contributed by atoms with Gasteiger partial charge in [-0.1, -0.05) is 48.5 Å². The molecule has 0 aliphatic heterocycles. The maximum atomic E-state index is 12.1. The molecule has 0 saturated carbocycles. The second kappa shape index (κ2) is 8.01. The van der Waals surface area contributed by atoms with Gasteiger partial charge in [0.1, 0.15) is 6.61 Å². The summed E-state index contributed by atoms with van der Waals surface area (Å²) in [6, 6.07) is 15.6. The Hall–Kier alpha value is -1.86. The van der Waals surface area contributed by atoms with Crippen LogP contribution in [0.5, 0.6) is 0 Å². The van der Waals surface area contributed by atoms with Gasteiger partial charge in [-0.25, -0.2) is 4.57 Å². The van der Waals surface area contributed by atoms with Gasteiger partial charge in [-0.15, -0.1) is 0 Å². The lowest BCUT2D eigenvalue weighted by Gasteiger charge is -2.32. The zero-order valence-electron chi connectivity index (χ0n) is 13.8. The molecule has 0 saturated heterocycles. The average Bonchev–Trinajstić information content (AvgIpc) is 2.62. The lowest BCUT2D eigenvalue weighted by atomic mass is 9.94. The molecule has 25 heavy (non-hydrogen) atoms. The first-order valence-corrected chi connectivity index (χ1v) is 8.85. The summed E-state index contributed by atoms with van der Waals surface area (Å²) in [5.41, 5.74) is 1.52. The molecule has 0 radical (unpaired) electrons. The Labute approximate surface area is 145 Å². The number of carbonyl (C=O) groups is 1. The lowest BCUT2D eigenvalue weighted by molar-refractivity contribution is -0.183. The lowest BCUT2D eigenvalue weighted by Crippen LogP contribution is -2.32. The van der Waals surface area contributed by atoms with E-state index >= 15 is 0 Å². The van der Waals surface area contributed by atoms with Crippen molar-refractivity contribution in [3.05, 3.63) is 71.3 Å². The van der Waals surface area contributed by atoms with Crippen LogP contribution in [-0.2, 0) is 24.3 Å². The van der Waals surface area contributed by atoms with Gasteiger partial charge in [-0.3, -0.25) is 9.32 Å². The van der Waals surface area contributed by atoms with Gasteiger partial charge < -0.3 is 19.3 Å². The molecular formula is C17H19O7P. The number of phosphoric acid groups is 1. The number of Topliss-reactive ketones (excluding diaryl/α,β-unsaturated/α-hetero) is 1. The van der Waals surface area contributed by atoms with Gasteiger partial charge in [-0.05, 0) is 6.07 Å². The first kappa shape index (κ1) is 19.5. The van der Waals surface area contributed by atoms with Gasteiger partial charge in [0, 0.05) is 30.9 Å². The van der Waals surface area contributed by atoms with E-state index in [1.807, 2.05) is 30.3 Å². The highest BCUT2D eigenvalue weighted by Crippen LogP contribution is 2.36. The second-order valence-corrected chi connectivity index (χ2v) is 6.40. The highest BCUT2D eigenvalue weighted by molar-refractivity contribution is 7.46. The molecule has 2 aromatic carbocycles. The summed E-state index contributed by atoms with van der Waals surface area (Å²) in [7, 11) is -1.74. The van der Waals surface area contributed by atoms with E-state index in [4.69, 9.17) is 19.3 Å². The molecule has 7 nitrogen and oxygen atoms in total. The van der Waals surface area contributed by atoms with Crippen LogP contribution in [0.2, 0.25) is 0 Å². The number of ketones is 1. The Kier molecular flexibility index (Phi) is 6.24. The molecule has 8 heteroatoms. The minimum absolute atomic E-state index is 0.223. The molecule has 0 atom stereocenters. The minimum Gasteiger partial charge on any atom is -0.346 e. The van der Waals surface area contributed by atoms with Crippen LogP contribution in [0, 0.1) is 0 Å². The number of hydrogen-bond donors (Lipinski definition) is 2. The van der Waals surface area contributed by atoms with Crippen molar-refractivity contribution in [2.45, 2.75) is 5.79 Å². The summed E-state index contributed by atoms with van der Waals surface area (Å²) in [5.74, 6) is -1.79. The van der Waals surface area contributed by atoms with E-state index in [9.17, 15) is 9.36 Å². The van der Waals surface area contributed by atoms with Gasteiger partial charge in [0.05, 0.1) is 0 Å². The number of rotatable bonds is 8. The molecule has 0 aromatic heterocycles. The Balaban J connectivity index is 2.38. The predicted octanol–water partition coefficient (Wildman–Crippen LogP) is 2.47. The fraction of sp³-hybridized carbons (Fsp3) is 0.235. The van der Waals surface area contributed by atoms with E-state index < -0.39 is 26.0 Å². The number of ether oxygens (including phenoxy) is 2. The maximum absolute atomic E-state index is 12.1. The van der Waals surface area contributed by atoms with Crippen LogP contribution >= 0.6 is 7.82 Å². The van der Waals surface area contributed by atoms with Gasteiger partial charge >= 0.3 is 7.82 Å². The Morgan fingerprint density at radius 1 is 1.00 bits per heavy atom. The fourth-order valence-corrected chi connectivity index (χ4v) is 2.79. The molecule has 0 aliphatic rings. The van der Waals surface area contributed by atoms with Crippen LogP contribution < -0.4 is 0 Å². The highest BCUT2D eigenvalue weighted by atomic mass is 31.2. The molecule has 134 valence electrons. The summed E-state index contributed by atoms with van der Waals surface area (Å²) in [6.07, 6.45) is 0. The van der Waals surface area contributed by atoms with Crippen LogP contribution in [0.4, 0.5) is 0 Å². The standard InChI is InChI=1S/C17H19O7P/c1-22-17(23-2,14-8-4-3-5-9-14)15-10-6-7-13(11-15)16(18)12-24-25(19,20)21/h3-11H,12H2,1-2H3,(H2,19,20,21). The van der Waals surface area contributed by atoms with Crippen LogP contribution in [0.25, 0.3) is 0 Å². The van der Waals surface area contributed by atoms with E-state index in [1.54, 1.807) is 18.2 Å². The van der Waals surface area contributed by atoms with Crippen LogP contribution in [-0.4, -0.2) is 36.4 Å². The molecule has 2 aromatic rings. The Morgan fingerprint density at radius 2 is 1.60 bits per heavy atom. The van der Waals surface area contributed by atoms with E-state index in [0.29, 0.717) is 5.56 Å². The van der Waals surface area contributed by atoms with E-state index in [0.717, 1.165) is 5.56 Å². The van der Waals surface area contributed by atoms with E-state index in [-0.39, 0.29) is 5.56 Å². The van der Waals surface area contributed by atoms with Crippen molar-refractivity contribution >= 4 is 13.6 Å². The molecule has 0 aliphatic carbocycles. The molecule has 0 bridgehead atoms. The van der Waals surface area contributed by atoms with Gasteiger partial charge in [0.2, 0.25) is 5.79 Å². The molecule has 0 heterocycles. The third-order valence-electron chi connectivity index (χ3n) is 3.66. The topological polar surface area (TPSA) is 102 Å². The molecular weight excluding hydrogens is 347 g/mol. The van der Waals surface area contributed by atoms with Crippen molar-refractivity contribution in [3.8, 4) is 0 Å². The Bertz CT molecular complexity index is 766. The molecule has 0 fully saturated rings. The predicted molar refractivity (Wildman–Crippen MR) is 90.0 cm³/mol. The van der Waals surface area contributed by atoms with E-state index in [1.165, 1.54) is 20.3 Å². The summed E-state index contributed by atoms with van der Waals surface area (Å²) >= 11 is 0. The number of methoxy groups -OCH3 is 2. The summed E-state index contributed by atoms with van der Waals surface area (Å²) < 4.78 is 26.3. The van der Waals surface area contributed by atoms with Crippen molar-refractivity contribution < 1.29 is 33.1 Å². The molecule has 2 rings (SSSR count). The smallest absolute Gasteiger partial charge is 0.346 e. The number of benzene rings is 2. The third kappa shape index (κ3) is 4.61. The van der Waals surface area contributed by atoms with Crippen LogP contribution in [0.15, 0.2) is 54.6 Å². The molecule has 0 amide bonds. The normalized spacial score (nSPS) is 12.2. The van der Waals surface area contributed by atoms with Crippen molar-refractivity contribution in [1.29, 1.82) is 0 Å². The minimum atomic E-state index is -4.71. The summed E-state index contributed by atoms with van der Waals surface area (Å²) in [6.45, 7) is -0.730. The second-order valence-electron chi connectivity index (χ2n) is 5.16. The van der Waals surface area contributed by atoms with Crippen molar-refractivity contribution in [1.82, 2.24) is 0 Å². The number of phosphoric ester groups is 1. The first-order valence-electron chi connectivity index (χ1n) is 7.32. The van der Waals surface area contributed by atoms with Gasteiger partial charge in [0.25, 0.3) is 0 Å². The zero-order valence-corrected chi connectivity index (χ0v) is 14.7. The summed E-state index contributed by atoms with van der Waals surface area (Å²) in [4.78, 5) is 29.6. The van der Waals surface area contributed by atoms with Gasteiger partial charge in [-0.2, -0.15) is 0 Å². The zero-order chi connectivity index (χ0) is 18.5. The largest absolute Gasteiger partial charge is 0.470 e. The third-order valence-corrected chi connectivity index (χ3v) is 4.12. The monoisotopic (exact) mass is 366 g/mol. The molecule has 0 spiro atoms. The number of carbonyl (C=O) groups excluding carboxylic acids is 1. The van der Waals surface area contributed by atoms with Crippen LogP contribution in [0.1, 0.15) is 21.5 Å². The summed E-state index contributed by atoms with van der Waals surface area (Å²) in [5, 5.41) is 0. The Morgan fingerprint density at radius 3 is 2.16 bits per heavy atom. The van der Waals surface area contributed by atoms with Crippen LogP contribution in [0.3, 0.4) is 0 Å². The van der Waals surface area contributed by atoms with Gasteiger partial charge in [0.15, 0.2) is 5.78 Å². The van der Waals surface area contributed by atoms with E-state index in [2.05, 4.69) is 4.52 Å². The molecule has 0 unspecified atom stereocenters. The van der Waals surface area contributed by atoms with Crippen molar-refractivity contribution in [2.24, 2.45) is 0 Å². The maximum Gasteiger partial charge on any atom is 0.470 e. The average molecular weight is 366 g/mol. The quantitative estimate of drug-likeness (QED) is 0.420. The fourth-order valence-electron chi connectivity index (χ4n) is 2.50. The van der Waals surface area contributed by atoms with Crippen molar-refractivity contribution in [3.63, 3.8) is 0 Å². The van der Waals surface area contributed by atoms with Crippen molar-refractivity contribution in [2.75, 3.05) is 20.8 Å². The number of hydrogen-bond acceptors (Lipinski definition) is 5.